The van der Waals surface area contributed by atoms with Crippen molar-refractivity contribution in [2.45, 2.75) is 6.54 Å². The van der Waals surface area contributed by atoms with Gasteiger partial charge in [-0.05, 0) is 18.2 Å². The Kier molecular flexibility index (Phi) is 3.52. The van der Waals surface area contributed by atoms with Crippen LogP contribution in [-0.2, 0) is 6.54 Å². The van der Waals surface area contributed by atoms with E-state index in [2.05, 4.69) is 10.3 Å². The zero-order chi connectivity index (χ0) is 13.0. The highest BCUT2D eigenvalue weighted by Gasteiger charge is 2.05. The summed E-state index contributed by atoms with van der Waals surface area (Å²) < 4.78 is 13.3. The summed E-state index contributed by atoms with van der Waals surface area (Å²) >= 11 is 0. The fourth-order valence-corrected chi connectivity index (χ4v) is 1.48. The minimum atomic E-state index is -1.09. The van der Waals surface area contributed by atoms with Gasteiger partial charge in [0.2, 0.25) is 0 Å². The number of carboxylic acid groups (broad SMARTS) is 1. The van der Waals surface area contributed by atoms with Gasteiger partial charge in [-0.1, -0.05) is 24.3 Å². The molecule has 0 unspecified atom stereocenters. The van der Waals surface area contributed by atoms with Crippen molar-refractivity contribution >= 4 is 11.8 Å². The van der Waals surface area contributed by atoms with Gasteiger partial charge >= 0.3 is 5.97 Å². The van der Waals surface area contributed by atoms with E-state index in [0.717, 1.165) is 0 Å². The standard InChI is InChI=1S/C13H11FN2O2/c14-10-5-2-1-4-9(10)8-15-12-7-3-6-11(16-12)13(17)18/h1-7H,8H2,(H,15,16)(H,17,18). The van der Waals surface area contributed by atoms with Crippen LogP contribution in [0.25, 0.3) is 0 Å². The molecule has 2 aromatic rings. The molecule has 92 valence electrons. The molecule has 2 N–H and O–H groups in total. The Labute approximate surface area is 103 Å². The maximum atomic E-state index is 13.3. The van der Waals surface area contributed by atoms with Crippen LogP contribution in [0.15, 0.2) is 42.5 Å². The number of halogens is 1. The highest BCUT2D eigenvalue weighted by atomic mass is 19.1. The number of benzene rings is 1. The second-order valence-corrected chi connectivity index (χ2v) is 3.66. The molecule has 0 bridgehead atoms. The monoisotopic (exact) mass is 246 g/mol. The molecule has 0 aliphatic heterocycles. The predicted molar refractivity (Wildman–Crippen MR) is 64.9 cm³/mol. The molecule has 0 radical (unpaired) electrons. The number of nitrogens with one attached hydrogen (secondary N) is 1. The first-order valence-electron chi connectivity index (χ1n) is 5.34. The molecule has 0 aliphatic rings. The molecule has 1 aromatic heterocycles. The van der Waals surface area contributed by atoms with Gasteiger partial charge in [-0.25, -0.2) is 14.2 Å². The van der Waals surface area contributed by atoms with Gasteiger partial charge in [-0.3, -0.25) is 0 Å². The zero-order valence-corrected chi connectivity index (χ0v) is 9.43. The smallest absolute Gasteiger partial charge is 0.354 e. The van der Waals surface area contributed by atoms with Crippen LogP contribution in [0.2, 0.25) is 0 Å². The maximum absolute atomic E-state index is 13.3. The van der Waals surface area contributed by atoms with E-state index in [1.807, 2.05) is 0 Å². The van der Waals surface area contributed by atoms with Crippen molar-refractivity contribution < 1.29 is 14.3 Å². The lowest BCUT2D eigenvalue weighted by molar-refractivity contribution is 0.0690. The topological polar surface area (TPSA) is 62.2 Å². The number of aromatic carboxylic acids is 1. The van der Waals surface area contributed by atoms with E-state index >= 15 is 0 Å². The van der Waals surface area contributed by atoms with Gasteiger partial charge in [0.1, 0.15) is 11.6 Å². The number of carboxylic acids is 1. The Morgan fingerprint density at radius 1 is 1.22 bits per heavy atom. The van der Waals surface area contributed by atoms with Gasteiger partial charge in [-0.15, -0.1) is 0 Å². The summed E-state index contributed by atoms with van der Waals surface area (Å²) in [5, 5.41) is 11.7. The molecule has 0 saturated heterocycles. The molecule has 1 heterocycles. The first-order valence-corrected chi connectivity index (χ1v) is 5.34. The van der Waals surface area contributed by atoms with Crippen molar-refractivity contribution in [3.05, 3.63) is 59.5 Å². The third-order valence-electron chi connectivity index (χ3n) is 2.39. The number of pyridine rings is 1. The first-order chi connectivity index (χ1) is 8.66. The molecular formula is C13H11FN2O2. The fraction of sp³-hybridized carbons (Fsp3) is 0.0769. The van der Waals surface area contributed by atoms with Crippen LogP contribution >= 0.6 is 0 Å². The van der Waals surface area contributed by atoms with E-state index in [1.54, 1.807) is 30.3 Å². The first kappa shape index (κ1) is 12.0. The van der Waals surface area contributed by atoms with Gasteiger partial charge in [-0.2, -0.15) is 0 Å². The van der Waals surface area contributed by atoms with E-state index < -0.39 is 5.97 Å². The summed E-state index contributed by atoms with van der Waals surface area (Å²) in [5.41, 5.74) is 0.452. The number of hydrogen-bond donors (Lipinski definition) is 2. The number of carbonyl (C=O) groups is 1. The molecule has 18 heavy (non-hydrogen) atoms. The van der Waals surface area contributed by atoms with E-state index in [9.17, 15) is 9.18 Å². The summed E-state index contributed by atoms with van der Waals surface area (Å²) in [6.07, 6.45) is 0. The minimum absolute atomic E-state index is 0.0477. The SMILES string of the molecule is O=C(O)c1cccc(NCc2ccccc2F)n1. The largest absolute Gasteiger partial charge is 0.477 e. The summed E-state index contributed by atoms with van der Waals surface area (Å²) in [5.74, 6) is -0.998. The van der Waals surface area contributed by atoms with E-state index in [-0.39, 0.29) is 18.1 Å². The van der Waals surface area contributed by atoms with Gasteiger partial charge in [0.05, 0.1) is 0 Å². The van der Waals surface area contributed by atoms with Crippen molar-refractivity contribution in [1.29, 1.82) is 0 Å². The molecule has 1 aromatic carbocycles. The summed E-state index contributed by atoms with van der Waals surface area (Å²) in [6, 6.07) is 11.0. The summed E-state index contributed by atoms with van der Waals surface area (Å²) in [4.78, 5) is 14.6. The van der Waals surface area contributed by atoms with Crippen molar-refractivity contribution in [1.82, 2.24) is 4.98 Å². The number of aromatic nitrogens is 1. The van der Waals surface area contributed by atoms with Crippen molar-refractivity contribution in [3.63, 3.8) is 0 Å². The number of anilines is 1. The Balaban J connectivity index is 2.09. The lowest BCUT2D eigenvalue weighted by Crippen LogP contribution is -2.06. The Morgan fingerprint density at radius 2 is 2.00 bits per heavy atom. The zero-order valence-electron chi connectivity index (χ0n) is 9.43. The van der Waals surface area contributed by atoms with Crippen molar-refractivity contribution in [2.75, 3.05) is 5.32 Å². The molecule has 5 heteroatoms. The van der Waals surface area contributed by atoms with Gasteiger partial charge in [0, 0.05) is 12.1 Å². The molecule has 0 atom stereocenters. The van der Waals surface area contributed by atoms with Crippen LogP contribution in [0.3, 0.4) is 0 Å². The third-order valence-corrected chi connectivity index (χ3v) is 2.39. The number of nitrogens with zero attached hydrogens (tertiary/aromatic N) is 1. The maximum Gasteiger partial charge on any atom is 0.354 e. The molecule has 0 spiro atoms. The molecular weight excluding hydrogens is 235 g/mol. The quantitative estimate of drug-likeness (QED) is 0.870. The van der Waals surface area contributed by atoms with Crippen LogP contribution in [0, 0.1) is 5.82 Å². The average Bonchev–Trinajstić information content (AvgIpc) is 2.38. The second kappa shape index (κ2) is 5.27. The van der Waals surface area contributed by atoms with Crippen molar-refractivity contribution in [3.8, 4) is 0 Å². The molecule has 0 amide bonds. The highest BCUT2D eigenvalue weighted by Crippen LogP contribution is 2.10. The van der Waals surface area contributed by atoms with Crippen LogP contribution in [0.5, 0.6) is 0 Å². The Bertz CT molecular complexity index is 572. The van der Waals surface area contributed by atoms with Gasteiger partial charge in [0.15, 0.2) is 5.69 Å². The van der Waals surface area contributed by atoms with Crippen LogP contribution in [-0.4, -0.2) is 16.1 Å². The number of hydrogen-bond acceptors (Lipinski definition) is 3. The average molecular weight is 246 g/mol. The van der Waals surface area contributed by atoms with E-state index in [4.69, 9.17) is 5.11 Å². The third kappa shape index (κ3) is 2.82. The van der Waals surface area contributed by atoms with Gasteiger partial charge in [0.25, 0.3) is 0 Å². The predicted octanol–water partition coefficient (Wildman–Crippen LogP) is 2.53. The van der Waals surface area contributed by atoms with E-state index in [0.29, 0.717) is 11.4 Å². The van der Waals surface area contributed by atoms with Crippen LogP contribution in [0.4, 0.5) is 10.2 Å². The Hall–Kier alpha value is -2.43. The Morgan fingerprint density at radius 3 is 2.72 bits per heavy atom. The molecule has 0 aliphatic carbocycles. The van der Waals surface area contributed by atoms with Gasteiger partial charge < -0.3 is 10.4 Å². The van der Waals surface area contributed by atoms with Crippen LogP contribution < -0.4 is 5.32 Å². The van der Waals surface area contributed by atoms with E-state index in [1.165, 1.54) is 12.1 Å². The second-order valence-electron chi connectivity index (χ2n) is 3.66. The summed E-state index contributed by atoms with van der Waals surface area (Å²) in [6.45, 7) is 0.253. The molecule has 0 saturated carbocycles. The summed E-state index contributed by atoms with van der Waals surface area (Å²) in [7, 11) is 0. The molecule has 0 fully saturated rings. The van der Waals surface area contributed by atoms with Crippen molar-refractivity contribution in [2.24, 2.45) is 0 Å². The van der Waals surface area contributed by atoms with Crippen LogP contribution in [0.1, 0.15) is 16.1 Å². The number of rotatable bonds is 4. The lowest BCUT2D eigenvalue weighted by atomic mass is 10.2. The lowest BCUT2D eigenvalue weighted by Gasteiger charge is -2.06. The minimum Gasteiger partial charge on any atom is -0.477 e. The molecule has 2 rings (SSSR count). The normalized spacial score (nSPS) is 10.1. The molecule has 4 nitrogen and oxygen atoms in total. The highest BCUT2D eigenvalue weighted by molar-refractivity contribution is 5.85. The fourth-order valence-electron chi connectivity index (χ4n) is 1.48.